The fourth-order valence-electron chi connectivity index (χ4n) is 2.82. The molecule has 0 bridgehead atoms. The highest BCUT2D eigenvalue weighted by Gasteiger charge is 2.33. The van der Waals surface area contributed by atoms with Crippen molar-refractivity contribution in [3.05, 3.63) is 59.7 Å². The van der Waals surface area contributed by atoms with Crippen molar-refractivity contribution < 1.29 is 32.5 Å². The molecular formula is C21H23F3N3O3+. The smallest absolute Gasteiger partial charge is 0.321 e. The number of rotatable bonds is 8. The molecule has 0 aliphatic heterocycles. The molecule has 0 aromatic heterocycles. The van der Waals surface area contributed by atoms with Crippen LogP contribution in [0, 0.1) is 0 Å². The van der Waals surface area contributed by atoms with E-state index in [0.717, 1.165) is 6.07 Å². The van der Waals surface area contributed by atoms with E-state index in [1.165, 1.54) is 25.1 Å². The Balaban J connectivity index is 1.97. The van der Waals surface area contributed by atoms with Crippen molar-refractivity contribution in [2.75, 3.05) is 30.3 Å². The van der Waals surface area contributed by atoms with Crippen molar-refractivity contribution in [3.63, 3.8) is 0 Å². The van der Waals surface area contributed by atoms with E-state index in [0.29, 0.717) is 22.7 Å². The van der Waals surface area contributed by atoms with Gasteiger partial charge in [-0.05, 0) is 38.1 Å². The first-order valence-electron chi connectivity index (χ1n) is 9.30. The van der Waals surface area contributed by atoms with Gasteiger partial charge in [0.15, 0.2) is 18.9 Å². The van der Waals surface area contributed by atoms with Gasteiger partial charge in [0.25, 0.3) is 11.8 Å². The molecule has 3 N–H and O–H groups in total. The van der Waals surface area contributed by atoms with Crippen molar-refractivity contribution in [3.8, 4) is 0 Å². The first-order chi connectivity index (χ1) is 14.1. The van der Waals surface area contributed by atoms with E-state index in [1.807, 2.05) is 0 Å². The van der Waals surface area contributed by atoms with Gasteiger partial charge in [0.05, 0.1) is 17.8 Å². The molecule has 0 aliphatic carbocycles. The summed E-state index contributed by atoms with van der Waals surface area (Å²) >= 11 is 0. The number of benzene rings is 2. The Hall–Kier alpha value is -3.20. The maximum atomic E-state index is 13.1. The quantitative estimate of drug-likeness (QED) is 0.572. The zero-order valence-electron chi connectivity index (χ0n) is 16.6. The molecule has 2 aromatic carbocycles. The van der Waals surface area contributed by atoms with Crippen LogP contribution in [-0.2, 0) is 15.8 Å². The van der Waals surface area contributed by atoms with Gasteiger partial charge in [0, 0.05) is 11.3 Å². The highest BCUT2D eigenvalue weighted by Crippen LogP contribution is 2.34. The molecule has 1 unspecified atom stereocenters. The highest BCUT2D eigenvalue weighted by atomic mass is 19.4. The lowest BCUT2D eigenvalue weighted by molar-refractivity contribution is -0.881. The number of para-hydroxylation sites is 1. The van der Waals surface area contributed by atoms with Crippen LogP contribution in [0.2, 0.25) is 0 Å². The van der Waals surface area contributed by atoms with Crippen LogP contribution in [0.5, 0.6) is 0 Å². The maximum Gasteiger partial charge on any atom is 0.418 e. The molecule has 0 spiro atoms. The normalized spacial score (nSPS) is 12.2. The molecule has 0 heterocycles. The van der Waals surface area contributed by atoms with E-state index in [2.05, 4.69) is 10.6 Å². The van der Waals surface area contributed by atoms with Gasteiger partial charge in [-0.15, -0.1) is 0 Å². The van der Waals surface area contributed by atoms with E-state index in [9.17, 15) is 27.6 Å². The van der Waals surface area contributed by atoms with E-state index in [4.69, 9.17) is 0 Å². The molecule has 0 radical (unpaired) electrons. The Labute approximate surface area is 172 Å². The number of anilines is 2. The molecule has 0 fully saturated rings. The molecule has 0 aliphatic rings. The monoisotopic (exact) mass is 422 g/mol. The van der Waals surface area contributed by atoms with Crippen LogP contribution in [0.25, 0.3) is 0 Å². The third kappa shape index (κ3) is 6.70. The number of amides is 2. The molecule has 2 amide bonds. The molecule has 2 aromatic rings. The van der Waals surface area contributed by atoms with Crippen LogP contribution in [-0.4, -0.2) is 37.2 Å². The first kappa shape index (κ1) is 23.1. The molecule has 0 saturated carbocycles. The average molecular weight is 422 g/mol. The molecule has 160 valence electrons. The van der Waals surface area contributed by atoms with Gasteiger partial charge < -0.3 is 15.5 Å². The third-order valence-electron chi connectivity index (χ3n) is 4.38. The summed E-state index contributed by atoms with van der Waals surface area (Å²) in [5.74, 6) is -1.14. The number of alkyl halides is 3. The van der Waals surface area contributed by atoms with Gasteiger partial charge in [0.1, 0.15) is 0 Å². The van der Waals surface area contributed by atoms with Crippen LogP contribution in [0.1, 0.15) is 29.8 Å². The van der Waals surface area contributed by atoms with E-state index in [-0.39, 0.29) is 30.5 Å². The van der Waals surface area contributed by atoms with Crippen molar-refractivity contribution in [2.24, 2.45) is 0 Å². The van der Waals surface area contributed by atoms with Crippen molar-refractivity contribution in [1.82, 2.24) is 0 Å². The topological polar surface area (TPSA) is 79.7 Å². The molecular weight excluding hydrogens is 399 g/mol. The predicted molar refractivity (Wildman–Crippen MR) is 106 cm³/mol. The Morgan fingerprint density at radius 2 is 1.57 bits per heavy atom. The number of likely N-dealkylation sites (N-methyl/N-ethyl adjacent to an activating group) is 1. The second-order valence-electron chi connectivity index (χ2n) is 6.73. The number of quaternary nitrogens is 1. The Morgan fingerprint density at radius 1 is 0.933 bits per heavy atom. The zero-order chi connectivity index (χ0) is 22.3. The summed E-state index contributed by atoms with van der Waals surface area (Å²) < 4.78 is 39.2. The summed E-state index contributed by atoms with van der Waals surface area (Å²) in [6.07, 6.45) is -4.59. The number of Topliss-reactive ketones (excluding diaryl/α,β-unsaturated/α-hetero) is 1. The molecule has 2 rings (SSSR count). The summed E-state index contributed by atoms with van der Waals surface area (Å²) in [5, 5.41) is 4.94. The summed E-state index contributed by atoms with van der Waals surface area (Å²) in [6.45, 7) is 3.35. The maximum absolute atomic E-state index is 13.1. The predicted octanol–water partition coefficient (Wildman–Crippen LogP) is 2.39. The van der Waals surface area contributed by atoms with Crippen LogP contribution < -0.4 is 15.5 Å². The van der Waals surface area contributed by atoms with Gasteiger partial charge in [-0.25, -0.2) is 0 Å². The van der Waals surface area contributed by atoms with Crippen LogP contribution in [0.4, 0.5) is 24.5 Å². The lowest BCUT2D eigenvalue weighted by Crippen LogP contribution is -3.13. The van der Waals surface area contributed by atoms with Crippen molar-refractivity contribution in [1.29, 1.82) is 0 Å². The molecule has 9 heteroatoms. The van der Waals surface area contributed by atoms with E-state index >= 15 is 0 Å². The highest BCUT2D eigenvalue weighted by molar-refractivity contribution is 5.97. The van der Waals surface area contributed by atoms with E-state index in [1.54, 1.807) is 31.2 Å². The standard InChI is InChI=1S/C21H22F3N3O3/c1-3-27(12-19(29)25-16-8-6-7-15(11-16)14(2)28)13-20(30)26-18-10-5-4-9-17(18)21(22,23)24/h4-11H,3,12-13H2,1-2H3,(H,25,29)(H,26,30)/p+1. The number of hydrogen-bond donors (Lipinski definition) is 3. The molecule has 6 nitrogen and oxygen atoms in total. The Kier molecular flexibility index (Phi) is 7.71. The minimum atomic E-state index is -4.59. The summed E-state index contributed by atoms with van der Waals surface area (Å²) in [6, 6.07) is 11.2. The second-order valence-corrected chi connectivity index (χ2v) is 6.73. The van der Waals surface area contributed by atoms with Gasteiger partial charge in [-0.2, -0.15) is 13.2 Å². The fraction of sp³-hybridized carbons (Fsp3) is 0.286. The lowest BCUT2D eigenvalue weighted by Gasteiger charge is -2.18. The minimum Gasteiger partial charge on any atom is -0.321 e. The van der Waals surface area contributed by atoms with Crippen molar-refractivity contribution >= 4 is 29.0 Å². The van der Waals surface area contributed by atoms with Crippen LogP contribution in [0.3, 0.4) is 0 Å². The van der Waals surface area contributed by atoms with Gasteiger partial charge in [-0.3, -0.25) is 14.4 Å². The minimum absolute atomic E-state index is 0.0604. The number of carbonyl (C=O) groups excluding carboxylic acids is 3. The van der Waals surface area contributed by atoms with Gasteiger partial charge in [0.2, 0.25) is 0 Å². The molecule has 1 atom stereocenters. The zero-order valence-corrected chi connectivity index (χ0v) is 16.6. The number of ketones is 1. The summed E-state index contributed by atoms with van der Waals surface area (Å²) in [4.78, 5) is 36.5. The number of carbonyl (C=O) groups is 3. The van der Waals surface area contributed by atoms with Crippen LogP contribution in [0.15, 0.2) is 48.5 Å². The third-order valence-corrected chi connectivity index (χ3v) is 4.38. The number of hydrogen-bond acceptors (Lipinski definition) is 3. The average Bonchev–Trinajstić information content (AvgIpc) is 2.67. The van der Waals surface area contributed by atoms with Crippen molar-refractivity contribution in [2.45, 2.75) is 20.0 Å². The van der Waals surface area contributed by atoms with E-state index < -0.39 is 17.6 Å². The van der Waals surface area contributed by atoms with Gasteiger partial charge >= 0.3 is 6.18 Å². The lowest BCUT2D eigenvalue weighted by atomic mass is 10.1. The Morgan fingerprint density at radius 3 is 2.17 bits per heavy atom. The number of halogens is 3. The molecule has 0 saturated heterocycles. The fourth-order valence-corrected chi connectivity index (χ4v) is 2.82. The Bertz CT molecular complexity index is 929. The summed E-state index contributed by atoms with van der Waals surface area (Å²) in [5.41, 5.74) is -0.350. The van der Waals surface area contributed by atoms with Crippen LogP contribution >= 0.6 is 0 Å². The largest absolute Gasteiger partial charge is 0.418 e. The first-order valence-corrected chi connectivity index (χ1v) is 9.30. The molecule has 30 heavy (non-hydrogen) atoms. The second kappa shape index (κ2) is 10.0. The SMILES string of the molecule is CC[NH+](CC(=O)Nc1cccc(C(C)=O)c1)CC(=O)Nc1ccccc1C(F)(F)F. The summed E-state index contributed by atoms with van der Waals surface area (Å²) in [7, 11) is 0. The number of nitrogens with one attached hydrogen (secondary N) is 3. The van der Waals surface area contributed by atoms with Gasteiger partial charge in [-0.1, -0.05) is 24.3 Å².